The van der Waals surface area contributed by atoms with Gasteiger partial charge in [-0.1, -0.05) is 71.9 Å². The third-order valence-corrected chi connectivity index (χ3v) is 4.08. The van der Waals surface area contributed by atoms with Crippen molar-refractivity contribution in [3.8, 4) is 0 Å². The Morgan fingerprint density at radius 1 is 0.962 bits per heavy atom. The molecule has 26 heavy (non-hydrogen) atoms. The summed E-state index contributed by atoms with van der Waals surface area (Å²) in [6.07, 6.45) is 2.67. The lowest BCUT2D eigenvalue weighted by Gasteiger charge is -2.23. The van der Waals surface area contributed by atoms with Crippen LogP contribution < -0.4 is 10.6 Å². The third kappa shape index (κ3) is 10.2. The Balaban J connectivity index is 2.67. The molecule has 0 fully saturated rings. The molecule has 0 heterocycles. The van der Waals surface area contributed by atoms with Crippen LogP contribution in [0, 0.1) is 10.8 Å². The smallest absolute Gasteiger partial charge is 0.242 e. The summed E-state index contributed by atoms with van der Waals surface area (Å²) < 4.78 is 0. The van der Waals surface area contributed by atoms with Crippen molar-refractivity contribution >= 4 is 11.8 Å². The van der Waals surface area contributed by atoms with E-state index in [4.69, 9.17) is 0 Å². The van der Waals surface area contributed by atoms with Crippen LogP contribution in [0.4, 0.5) is 0 Å². The molecule has 0 saturated carbocycles. The topological polar surface area (TPSA) is 58.2 Å². The van der Waals surface area contributed by atoms with E-state index in [1.807, 2.05) is 51.1 Å². The van der Waals surface area contributed by atoms with Gasteiger partial charge in [0.05, 0.1) is 0 Å². The zero-order valence-corrected chi connectivity index (χ0v) is 17.3. The molecule has 0 aliphatic rings. The number of hydrogen-bond donors (Lipinski definition) is 2. The Bertz CT molecular complexity index is 568. The molecule has 0 aliphatic heterocycles. The highest BCUT2D eigenvalue weighted by Crippen LogP contribution is 2.19. The van der Waals surface area contributed by atoms with Crippen LogP contribution in [-0.2, 0) is 16.0 Å². The summed E-state index contributed by atoms with van der Waals surface area (Å²) in [5.74, 6) is -0.158. The van der Waals surface area contributed by atoms with Crippen LogP contribution in [-0.4, -0.2) is 24.4 Å². The molecule has 1 atom stereocenters. The SMILES string of the molecule is CC(C)(C)CCNC(=O)[C@H](CCc1ccccc1)NC(=O)CC(C)(C)C. The lowest BCUT2D eigenvalue weighted by molar-refractivity contribution is -0.130. The molecule has 4 heteroatoms. The Kier molecular flexibility index (Phi) is 8.32. The van der Waals surface area contributed by atoms with Crippen LogP contribution in [0.25, 0.3) is 0 Å². The molecule has 146 valence electrons. The summed E-state index contributed by atoms with van der Waals surface area (Å²) in [6, 6.07) is 9.56. The minimum absolute atomic E-state index is 0.0680. The lowest BCUT2D eigenvalue weighted by Crippen LogP contribution is -2.48. The zero-order valence-electron chi connectivity index (χ0n) is 17.3. The zero-order chi connectivity index (χ0) is 19.8. The first kappa shape index (κ1) is 22.2. The average Bonchev–Trinajstić information content (AvgIpc) is 2.49. The molecule has 0 aliphatic carbocycles. The second-order valence-corrected chi connectivity index (χ2v) is 9.48. The Morgan fingerprint density at radius 2 is 1.58 bits per heavy atom. The summed E-state index contributed by atoms with van der Waals surface area (Å²) in [4.78, 5) is 25.0. The van der Waals surface area contributed by atoms with Crippen molar-refractivity contribution in [1.29, 1.82) is 0 Å². The molecule has 0 unspecified atom stereocenters. The highest BCUT2D eigenvalue weighted by molar-refractivity contribution is 5.87. The summed E-state index contributed by atoms with van der Waals surface area (Å²) in [6.45, 7) is 13.1. The largest absolute Gasteiger partial charge is 0.354 e. The monoisotopic (exact) mass is 360 g/mol. The number of carbonyl (C=O) groups is 2. The van der Waals surface area contributed by atoms with Gasteiger partial charge >= 0.3 is 0 Å². The summed E-state index contributed by atoms with van der Waals surface area (Å²) in [7, 11) is 0. The molecular weight excluding hydrogens is 324 g/mol. The third-order valence-electron chi connectivity index (χ3n) is 4.08. The molecule has 0 aromatic heterocycles. The van der Waals surface area contributed by atoms with E-state index in [9.17, 15) is 9.59 Å². The second-order valence-electron chi connectivity index (χ2n) is 9.48. The van der Waals surface area contributed by atoms with E-state index >= 15 is 0 Å². The first-order valence-corrected chi connectivity index (χ1v) is 9.57. The van der Waals surface area contributed by atoms with E-state index in [-0.39, 0.29) is 22.6 Å². The predicted molar refractivity (Wildman–Crippen MR) is 108 cm³/mol. The molecule has 0 saturated heterocycles. The maximum Gasteiger partial charge on any atom is 0.242 e. The van der Waals surface area contributed by atoms with Crippen molar-refractivity contribution in [3.05, 3.63) is 35.9 Å². The van der Waals surface area contributed by atoms with Crippen LogP contribution in [0.1, 0.15) is 66.4 Å². The van der Waals surface area contributed by atoms with E-state index in [2.05, 4.69) is 31.4 Å². The molecular formula is C22H36N2O2. The predicted octanol–water partition coefficient (Wildman–Crippen LogP) is 4.09. The maximum absolute atomic E-state index is 12.6. The van der Waals surface area contributed by atoms with Crippen molar-refractivity contribution in [2.24, 2.45) is 10.8 Å². The minimum atomic E-state index is -0.495. The Morgan fingerprint density at radius 3 is 2.12 bits per heavy atom. The lowest BCUT2D eigenvalue weighted by atomic mass is 9.91. The molecule has 1 aromatic rings. The number of aryl methyl sites for hydroxylation is 1. The number of benzene rings is 1. The van der Waals surface area contributed by atoms with Crippen LogP contribution in [0.2, 0.25) is 0 Å². The Labute approximate surface area is 159 Å². The molecule has 1 aromatic carbocycles. The van der Waals surface area contributed by atoms with E-state index < -0.39 is 6.04 Å². The van der Waals surface area contributed by atoms with Crippen molar-refractivity contribution in [3.63, 3.8) is 0 Å². The fourth-order valence-electron chi connectivity index (χ4n) is 2.64. The minimum Gasteiger partial charge on any atom is -0.354 e. The molecule has 4 nitrogen and oxygen atoms in total. The molecule has 0 radical (unpaired) electrons. The first-order chi connectivity index (χ1) is 12.0. The van der Waals surface area contributed by atoms with Crippen LogP contribution in [0.5, 0.6) is 0 Å². The van der Waals surface area contributed by atoms with Crippen LogP contribution >= 0.6 is 0 Å². The van der Waals surface area contributed by atoms with Crippen molar-refractivity contribution < 1.29 is 9.59 Å². The standard InChI is InChI=1S/C22H36N2O2/c1-21(2,3)14-15-23-20(26)18(24-19(25)16-22(4,5)6)13-12-17-10-8-7-9-11-17/h7-11,18H,12-16H2,1-6H3,(H,23,26)(H,24,25)/t18-/m0/s1. The van der Waals surface area contributed by atoms with Crippen molar-refractivity contribution in [2.75, 3.05) is 6.54 Å². The highest BCUT2D eigenvalue weighted by Gasteiger charge is 2.23. The van der Waals surface area contributed by atoms with Gasteiger partial charge in [0, 0.05) is 13.0 Å². The van der Waals surface area contributed by atoms with E-state index in [0.29, 0.717) is 19.4 Å². The van der Waals surface area contributed by atoms with E-state index in [1.54, 1.807) is 0 Å². The van der Waals surface area contributed by atoms with Gasteiger partial charge in [0.25, 0.3) is 0 Å². The van der Waals surface area contributed by atoms with Gasteiger partial charge in [0.1, 0.15) is 6.04 Å². The number of nitrogens with one attached hydrogen (secondary N) is 2. The quantitative estimate of drug-likeness (QED) is 0.733. The summed E-state index contributed by atoms with van der Waals surface area (Å²) in [5.41, 5.74) is 1.24. The number of rotatable bonds is 8. The first-order valence-electron chi connectivity index (χ1n) is 9.57. The highest BCUT2D eigenvalue weighted by atomic mass is 16.2. The van der Waals surface area contributed by atoms with Crippen molar-refractivity contribution in [1.82, 2.24) is 10.6 Å². The van der Waals surface area contributed by atoms with Gasteiger partial charge in [0.2, 0.25) is 11.8 Å². The van der Waals surface area contributed by atoms with Crippen LogP contribution in [0.15, 0.2) is 30.3 Å². The molecule has 2 N–H and O–H groups in total. The summed E-state index contributed by atoms with van der Waals surface area (Å²) in [5, 5.41) is 5.93. The van der Waals surface area contributed by atoms with Crippen molar-refractivity contribution in [2.45, 2.75) is 73.3 Å². The molecule has 0 spiro atoms. The van der Waals surface area contributed by atoms with Gasteiger partial charge in [-0.05, 0) is 35.7 Å². The van der Waals surface area contributed by atoms with E-state index in [0.717, 1.165) is 12.8 Å². The second kappa shape index (κ2) is 9.75. The van der Waals surface area contributed by atoms with E-state index in [1.165, 1.54) is 5.56 Å². The van der Waals surface area contributed by atoms with Crippen LogP contribution in [0.3, 0.4) is 0 Å². The molecule has 0 bridgehead atoms. The Hall–Kier alpha value is -1.84. The fraction of sp³-hybridized carbons (Fsp3) is 0.636. The van der Waals surface area contributed by atoms with Gasteiger partial charge in [-0.25, -0.2) is 0 Å². The number of amides is 2. The normalized spacial score (nSPS) is 13.2. The summed E-state index contributed by atoms with van der Waals surface area (Å²) >= 11 is 0. The van der Waals surface area contributed by atoms with Gasteiger partial charge in [-0.3, -0.25) is 9.59 Å². The number of hydrogen-bond acceptors (Lipinski definition) is 2. The molecule has 2 amide bonds. The van der Waals surface area contributed by atoms with Gasteiger partial charge < -0.3 is 10.6 Å². The fourth-order valence-corrected chi connectivity index (χ4v) is 2.64. The average molecular weight is 361 g/mol. The van der Waals surface area contributed by atoms with Gasteiger partial charge in [-0.15, -0.1) is 0 Å². The number of carbonyl (C=O) groups excluding carboxylic acids is 2. The maximum atomic E-state index is 12.6. The molecule has 1 rings (SSSR count). The van der Waals surface area contributed by atoms with Gasteiger partial charge in [-0.2, -0.15) is 0 Å². The van der Waals surface area contributed by atoms with Gasteiger partial charge in [0.15, 0.2) is 0 Å².